The van der Waals surface area contributed by atoms with E-state index in [1.165, 1.54) is 6.07 Å². The second-order valence-electron chi connectivity index (χ2n) is 5.67. The molecule has 2 amide bonds. The van der Waals surface area contributed by atoms with Crippen LogP contribution in [0.2, 0.25) is 0 Å². The van der Waals surface area contributed by atoms with Crippen molar-refractivity contribution in [2.45, 2.75) is 13.3 Å². The van der Waals surface area contributed by atoms with Crippen molar-refractivity contribution in [1.82, 2.24) is 14.5 Å². The molecule has 10 nitrogen and oxygen atoms in total. The maximum absolute atomic E-state index is 12.4. The van der Waals surface area contributed by atoms with Crippen LogP contribution in [0.25, 0.3) is 0 Å². The van der Waals surface area contributed by atoms with E-state index in [2.05, 4.69) is 15.5 Å². The zero-order chi connectivity index (χ0) is 19.4. The number of aromatic nitrogens is 2. The van der Waals surface area contributed by atoms with Crippen LogP contribution in [0.5, 0.6) is 0 Å². The van der Waals surface area contributed by atoms with Crippen LogP contribution in [0.3, 0.4) is 0 Å². The molecule has 27 heavy (non-hydrogen) atoms. The number of nitrogens with two attached hydrogens (primary N) is 1. The Balaban J connectivity index is 1.74. The molecule has 0 unspecified atom stereocenters. The van der Waals surface area contributed by atoms with E-state index in [9.17, 15) is 14.8 Å². The van der Waals surface area contributed by atoms with Crippen LogP contribution in [0.15, 0.2) is 12.1 Å². The average Bonchev–Trinajstić information content (AvgIpc) is 3.29. The maximum atomic E-state index is 12.4. The van der Waals surface area contributed by atoms with Crippen LogP contribution in [0, 0.1) is 0 Å². The molecule has 1 aliphatic rings. The molecule has 12 heteroatoms. The highest BCUT2D eigenvalue weighted by Gasteiger charge is 2.22. The highest BCUT2D eigenvalue weighted by atomic mass is 32.2. The highest BCUT2D eigenvalue weighted by molar-refractivity contribution is 7.98. The van der Waals surface area contributed by atoms with Gasteiger partial charge >= 0.3 is 0 Å². The fourth-order valence-corrected chi connectivity index (χ4v) is 4.11. The number of ether oxygens (including phenoxy) is 1. The summed E-state index contributed by atoms with van der Waals surface area (Å²) in [6.07, 6.45) is 0.716. The van der Waals surface area contributed by atoms with Gasteiger partial charge < -0.3 is 15.8 Å². The van der Waals surface area contributed by atoms with Crippen LogP contribution in [0.4, 0.5) is 10.0 Å². The van der Waals surface area contributed by atoms with Gasteiger partial charge in [-0.25, -0.2) is 4.31 Å². The maximum Gasteiger partial charge on any atom is 0.276 e. The number of primary amides is 1. The summed E-state index contributed by atoms with van der Waals surface area (Å²) < 4.78 is 8.15. The second kappa shape index (κ2) is 8.71. The number of hydrogen-bond donors (Lipinski definition) is 4. The van der Waals surface area contributed by atoms with Crippen molar-refractivity contribution in [3.8, 4) is 0 Å². The summed E-state index contributed by atoms with van der Waals surface area (Å²) in [5.74, 6) is -1.17. The molecule has 1 fully saturated rings. The van der Waals surface area contributed by atoms with Gasteiger partial charge in [-0.05, 0) is 18.6 Å². The van der Waals surface area contributed by atoms with Crippen molar-refractivity contribution in [3.63, 3.8) is 0 Å². The summed E-state index contributed by atoms with van der Waals surface area (Å²) in [5.41, 5.74) is 6.57. The van der Waals surface area contributed by atoms with Gasteiger partial charge in [0.15, 0.2) is 5.69 Å². The molecule has 0 aliphatic carbocycles. The van der Waals surface area contributed by atoms with Crippen LogP contribution < -0.4 is 15.5 Å². The number of nitrogens with zero attached hydrogens (tertiary/aromatic N) is 3. The number of anilines is 2. The Hall–Kier alpha value is -2.12. The minimum atomic E-state index is -0.700. The molecular formula is C15H20N6O4S2. The summed E-state index contributed by atoms with van der Waals surface area (Å²) >= 11 is 2.15. The van der Waals surface area contributed by atoms with Gasteiger partial charge in [0.05, 0.1) is 30.9 Å². The molecule has 2 aromatic rings. The first-order valence-electron chi connectivity index (χ1n) is 8.27. The minimum absolute atomic E-state index is 0.122. The third-order valence-electron chi connectivity index (χ3n) is 3.81. The Labute approximate surface area is 163 Å². The topological polar surface area (TPSA) is 137 Å². The van der Waals surface area contributed by atoms with Crippen LogP contribution in [-0.4, -0.2) is 57.8 Å². The molecule has 2 aromatic heterocycles. The Morgan fingerprint density at radius 2 is 2.22 bits per heavy atom. The lowest BCUT2D eigenvalue weighted by molar-refractivity contribution is 0.0765. The van der Waals surface area contributed by atoms with Crippen LogP contribution in [0.1, 0.15) is 33.5 Å². The van der Waals surface area contributed by atoms with Crippen molar-refractivity contribution >= 4 is 45.3 Å². The van der Waals surface area contributed by atoms with E-state index in [0.717, 1.165) is 33.6 Å². The third-order valence-corrected chi connectivity index (χ3v) is 5.90. The average molecular weight is 412 g/mol. The smallest absolute Gasteiger partial charge is 0.276 e. The second-order valence-corrected chi connectivity index (χ2v) is 7.73. The van der Waals surface area contributed by atoms with Crippen LogP contribution in [-0.2, 0) is 11.2 Å². The summed E-state index contributed by atoms with van der Waals surface area (Å²) in [4.78, 5) is 24.1. The van der Waals surface area contributed by atoms with Gasteiger partial charge in [0, 0.05) is 18.8 Å². The number of hydrogen-bond acceptors (Lipinski definition) is 9. The summed E-state index contributed by atoms with van der Waals surface area (Å²) in [6.45, 7) is 4.44. The molecule has 0 spiro atoms. The monoisotopic (exact) mass is 412 g/mol. The molecule has 0 saturated carbocycles. The molecule has 5 N–H and O–H groups in total. The van der Waals surface area contributed by atoms with Gasteiger partial charge in [-0.2, -0.15) is 9.57 Å². The number of thiophene rings is 1. The van der Waals surface area contributed by atoms with Crippen molar-refractivity contribution in [3.05, 3.63) is 29.1 Å². The Morgan fingerprint density at radius 1 is 1.48 bits per heavy atom. The predicted octanol–water partition coefficient (Wildman–Crippen LogP) is 1.48. The number of aryl methyl sites for hydroxylation is 1. The lowest BCUT2D eigenvalue weighted by Crippen LogP contribution is -2.33. The lowest BCUT2D eigenvalue weighted by atomic mass is 10.3. The third kappa shape index (κ3) is 4.78. The molecule has 0 aromatic carbocycles. The normalized spacial score (nSPS) is 14.9. The Morgan fingerprint density at radius 3 is 2.85 bits per heavy atom. The first kappa shape index (κ1) is 19.6. The van der Waals surface area contributed by atoms with E-state index in [4.69, 9.17) is 10.5 Å². The zero-order valence-corrected chi connectivity index (χ0v) is 16.2. The molecule has 0 bridgehead atoms. The van der Waals surface area contributed by atoms with E-state index in [-0.39, 0.29) is 16.3 Å². The minimum Gasteiger partial charge on any atom is -0.379 e. The first-order chi connectivity index (χ1) is 13.0. The molecule has 3 heterocycles. The Kier molecular flexibility index (Phi) is 6.34. The molecule has 0 atom stereocenters. The number of morpholine rings is 1. The van der Waals surface area contributed by atoms with Crippen molar-refractivity contribution in [2.75, 3.05) is 36.1 Å². The van der Waals surface area contributed by atoms with Gasteiger partial charge in [0.1, 0.15) is 10.0 Å². The zero-order valence-electron chi connectivity index (χ0n) is 14.6. The van der Waals surface area contributed by atoms with Gasteiger partial charge in [-0.1, -0.05) is 18.3 Å². The van der Waals surface area contributed by atoms with Crippen molar-refractivity contribution < 1.29 is 19.5 Å². The largest absolute Gasteiger partial charge is 0.379 e. The van der Waals surface area contributed by atoms with Gasteiger partial charge in [0.2, 0.25) is 0 Å². The van der Waals surface area contributed by atoms with Crippen molar-refractivity contribution in [2.24, 2.45) is 5.73 Å². The highest BCUT2D eigenvalue weighted by Crippen LogP contribution is 2.37. The molecule has 3 rings (SSSR count). The molecule has 0 radical (unpaired) electrons. The summed E-state index contributed by atoms with van der Waals surface area (Å²) in [5, 5.41) is 20.3. The van der Waals surface area contributed by atoms with Crippen LogP contribution >= 0.6 is 23.5 Å². The SMILES string of the molecule is CCc1cc(C(=O)Nc2sc(N(O)SN3CCOCC3)cc2C(N)=O)n[nH]1. The number of carbonyl (C=O) groups excluding carboxylic acids is 2. The molecule has 1 saturated heterocycles. The standard InChI is InChI=1S/C15H20N6O4S2/c1-2-9-7-11(19-18-9)14(23)17-15-10(13(16)22)8-12(26-15)21(24)27-20-3-5-25-6-4-20/h7-8,24H,2-6H2,1H3,(H2,16,22)(H,17,23)(H,18,19). The molecule has 146 valence electrons. The summed E-state index contributed by atoms with van der Waals surface area (Å²) in [6, 6.07) is 3.08. The lowest BCUT2D eigenvalue weighted by Gasteiger charge is -2.27. The number of amides is 2. The van der Waals surface area contributed by atoms with E-state index >= 15 is 0 Å². The van der Waals surface area contributed by atoms with Crippen molar-refractivity contribution in [1.29, 1.82) is 0 Å². The molecular weight excluding hydrogens is 392 g/mol. The van der Waals surface area contributed by atoms with Gasteiger partial charge in [-0.15, -0.1) is 0 Å². The fraction of sp³-hybridized carbons (Fsp3) is 0.400. The Bertz CT molecular complexity index is 817. The van der Waals surface area contributed by atoms with E-state index in [0.29, 0.717) is 37.7 Å². The predicted molar refractivity (Wildman–Crippen MR) is 103 cm³/mol. The first-order valence-corrected chi connectivity index (χ1v) is 9.81. The quantitative estimate of drug-likeness (QED) is 0.396. The number of carbonyl (C=O) groups is 2. The summed E-state index contributed by atoms with van der Waals surface area (Å²) in [7, 11) is 0. The van der Waals surface area contributed by atoms with E-state index in [1.807, 2.05) is 11.2 Å². The molecule has 1 aliphatic heterocycles. The number of H-pyrrole nitrogens is 1. The number of aromatic amines is 1. The van der Waals surface area contributed by atoms with Gasteiger partial charge in [-0.3, -0.25) is 19.9 Å². The van der Waals surface area contributed by atoms with E-state index in [1.54, 1.807) is 6.07 Å². The number of rotatable bonds is 7. The van der Waals surface area contributed by atoms with E-state index < -0.39 is 11.8 Å². The number of nitrogens with one attached hydrogen (secondary N) is 2. The van der Waals surface area contributed by atoms with Gasteiger partial charge in [0.25, 0.3) is 11.8 Å². The fourth-order valence-electron chi connectivity index (χ4n) is 2.35.